The molecule has 1 aromatic rings. The third kappa shape index (κ3) is 2.80. The molecule has 0 saturated carbocycles. The summed E-state index contributed by atoms with van der Waals surface area (Å²) in [5.74, 6) is 1.36. The first-order valence-electron chi connectivity index (χ1n) is 7.37. The van der Waals surface area contributed by atoms with E-state index in [1.54, 1.807) is 0 Å². The van der Waals surface area contributed by atoms with Gasteiger partial charge in [-0.3, -0.25) is 10.1 Å². The van der Waals surface area contributed by atoms with Crippen LogP contribution >= 0.6 is 0 Å². The molecular weight excluding hydrogens is 252 g/mol. The summed E-state index contributed by atoms with van der Waals surface area (Å²) in [7, 11) is 0. The van der Waals surface area contributed by atoms with Gasteiger partial charge in [-0.25, -0.2) is 0 Å². The van der Waals surface area contributed by atoms with Gasteiger partial charge in [-0.1, -0.05) is 26.0 Å². The van der Waals surface area contributed by atoms with Crippen LogP contribution in [0.5, 0.6) is 5.75 Å². The van der Waals surface area contributed by atoms with Crippen molar-refractivity contribution in [2.75, 3.05) is 13.2 Å². The number of amides is 1. The zero-order chi connectivity index (χ0) is 14.7. The highest BCUT2D eigenvalue weighted by Gasteiger charge is 2.39. The predicted molar refractivity (Wildman–Crippen MR) is 79.5 cm³/mol. The lowest BCUT2D eigenvalue weighted by Gasteiger charge is -2.23. The fourth-order valence-corrected chi connectivity index (χ4v) is 2.64. The molecule has 2 atom stereocenters. The number of nitrogens with zero attached hydrogens (tertiary/aromatic N) is 1. The van der Waals surface area contributed by atoms with Gasteiger partial charge < -0.3 is 9.64 Å². The average molecular weight is 276 g/mol. The molecule has 0 aromatic heterocycles. The molecule has 1 aliphatic heterocycles. The first kappa shape index (κ1) is 14.9. The molecule has 2 unspecified atom stereocenters. The minimum atomic E-state index is -0.0912. The van der Waals surface area contributed by atoms with Gasteiger partial charge in [0.25, 0.3) is 0 Å². The maximum atomic E-state index is 12.4. The zero-order valence-corrected chi connectivity index (χ0v) is 12.7. The van der Waals surface area contributed by atoms with Gasteiger partial charge in [0.2, 0.25) is 5.91 Å². The highest BCUT2D eigenvalue weighted by atomic mass is 16.5. The van der Waals surface area contributed by atoms with Gasteiger partial charge in [0.1, 0.15) is 11.9 Å². The van der Waals surface area contributed by atoms with E-state index in [9.17, 15) is 4.79 Å². The monoisotopic (exact) mass is 276 g/mol. The van der Waals surface area contributed by atoms with Gasteiger partial charge in [-0.2, -0.15) is 0 Å². The lowest BCUT2D eigenvalue weighted by molar-refractivity contribution is -0.130. The number of ether oxygens (including phenoxy) is 1. The molecule has 1 heterocycles. The summed E-state index contributed by atoms with van der Waals surface area (Å²) < 4.78 is 5.46. The maximum Gasteiger partial charge on any atom is 0.241 e. The van der Waals surface area contributed by atoms with Crippen LogP contribution < -0.4 is 10.1 Å². The Morgan fingerprint density at radius 2 is 1.90 bits per heavy atom. The van der Waals surface area contributed by atoms with E-state index in [1.165, 1.54) is 0 Å². The van der Waals surface area contributed by atoms with Crippen LogP contribution in [-0.4, -0.2) is 30.0 Å². The van der Waals surface area contributed by atoms with Crippen LogP contribution in [0.3, 0.4) is 0 Å². The summed E-state index contributed by atoms with van der Waals surface area (Å²) in [6.07, 6.45) is -0.0319. The van der Waals surface area contributed by atoms with E-state index in [2.05, 4.69) is 19.2 Å². The van der Waals surface area contributed by atoms with Gasteiger partial charge in [0.05, 0.1) is 12.6 Å². The van der Waals surface area contributed by atoms with Crippen LogP contribution in [-0.2, 0) is 4.79 Å². The summed E-state index contributed by atoms with van der Waals surface area (Å²) in [5.41, 5.74) is 1.10. The van der Waals surface area contributed by atoms with Crippen molar-refractivity contribution in [2.24, 2.45) is 5.92 Å². The largest absolute Gasteiger partial charge is 0.494 e. The van der Waals surface area contributed by atoms with Crippen LogP contribution in [0.4, 0.5) is 0 Å². The minimum Gasteiger partial charge on any atom is -0.494 e. The summed E-state index contributed by atoms with van der Waals surface area (Å²) in [4.78, 5) is 14.3. The molecule has 1 N–H and O–H groups in total. The molecule has 4 nitrogen and oxygen atoms in total. The number of carbonyl (C=O) groups excluding carboxylic acids is 1. The van der Waals surface area contributed by atoms with Gasteiger partial charge >= 0.3 is 0 Å². The third-order valence-electron chi connectivity index (χ3n) is 3.71. The number of hydrogen-bond donors (Lipinski definition) is 1. The number of rotatable bonds is 5. The summed E-state index contributed by atoms with van der Waals surface area (Å²) in [5, 5.41) is 3.44. The van der Waals surface area contributed by atoms with Crippen molar-refractivity contribution in [3.63, 3.8) is 0 Å². The third-order valence-corrected chi connectivity index (χ3v) is 3.71. The minimum absolute atomic E-state index is 0.0319. The average Bonchev–Trinajstić information content (AvgIpc) is 2.77. The van der Waals surface area contributed by atoms with Crippen molar-refractivity contribution in [1.82, 2.24) is 10.2 Å². The molecule has 0 radical (unpaired) electrons. The molecule has 0 aliphatic carbocycles. The molecule has 0 spiro atoms. The van der Waals surface area contributed by atoms with E-state index in [1.807, 2.05) is 43.0 Å². The highest BCUT2D eigenvalue weighted by Crippen LogP contribution is 2.28. The molecule has 4 heteroatoms. The van der Waals surface area contributed by atoms with Crippen molar-refractivity contribution >= 4 is 5.91 Å². The SMILES string of the molecule is CCOc1ccc(C2NC(C(C)C)C(=O)N2CC)cc1. The number of nitrogens with one attached hydrogen (secondary N) is 1. The van der Waals surface area contributed by atoms with Crippen molar-refractivity contribution in [3.05, 3.63) is 29.8 Å². The smallest absolute Gasteiger partial charge is 0.241 e. The Morgan fingerprint density at radius 1 is 1.25 bits per heavy atom. The van der Waals surface area contributed by atoms with Crippen LogP contribution in [0.1, 0.15) is 39.4 Å². The van der Waals surface area contributed by atoms with Crippen LogP contribution in [0.15, 0.2) is 24.3 Å². The second-order valence-corrected chi connectivity index (χ2v) is 5.42. The molecule has 0 bridgehead atoms. The Balaban J connectivity index is 2.20. The Morgan fingerprint density at radius 3 is 2.40 bits per heavy atom. The molecule has 1 aromatic carbocycles. The second kappa shape index (κ2) is 6.27. The number of carbonyl (C=O) groups is 1. The lowest BCUT2D eigenvalue weighted by atomic mass is 10.1. The standard InChI is InChI=1S/C16H24N2O2/c1-5-18-15(17-14(11(3)4)16(18)19)12-7-9-13(10-8-12)20-6-2/h7-11,14-15,17H,5-6H2,1-4H3. The van der Waals surface area contributed by atoms with E-state index in [0.29, 0.717) is 19.1 Å². The van der Waals surface area contributed by atoms with E-state index < -0.39 is 0 Å². The van der Waals surface area contributed by atoms with E-state index >= 15 is 0 Å². The van der Waals surface area contributed by atoms with Gasteiger partial charge in [-0.05, 0) is 37.5 Å². The quantitative estimate of drug-likeness (QED) is 0.898. The number of benzene rings is 1. The Hall–Kier alpha value is -1.55. The van der Waals surface area contributed by atoms with Crippen LogP contribution in [0.25, 0.3) is 0 Å². The molecular formula is C16H24N2O2. The first-order valence-corrected chi connectivity index (χ1v) is 7.37. The van der Waals surface area contributed by atoms with E-state index in [0.717, 1.165) is 11.3 Å². The summed E-state index contributed by atoms with van der Waals surface area (Å²) >= 11 is 0. The maximum absolute atomic E-state index is 12.4. The van der Waals surface area contributed by atoms with Gasteiger partial charge in [-0.15, -0.1) is 0 Å². The lowest BCUT2D eigenvalue weighted by Crippen LogP contribution is -2.34. The highest BCUT2D eigenvalue weighted by molar-refractivity contribution is 5.84. The Bertz CT molecular complexity index is 456. The predicted octanol–water partition coefficient (Wildman–Crippen LogP) is 2.56. The topological polar surface area (TPSA) is 41.6 Å². The molecule has 1 amide bonds. The summed E-state index contributed by atoms with van der Waals surface area (Å²) in [6, 6.07) is 7.89. The second-order valence-electron chi connectivity index (χ2n) is 5.42. The van der Waals surface area contributed by atoms with E-state index in [-0.39, 0.29) is 18.1 Å². The van der Waals surface area contributed by atoms with Gasteiger partial charge in [0.15, 0.2) is 0 Å². The fraction of sp³-hybridized carbons (Fsp3) is 0.562. The Kier molecular flexibility index (Phi) is 4.65. The van der Waals surface area contributed by atoms with Crippen molar-refractivity contribution in [3.8, 4) is 5.75 Å². The molecule has 1 fully saturated rings. The van der Waals surface area contributed by atoms with Gasteiger partial charge in [0, 0.05) is 6.54 Å². The normalized spacial score (nSPS) is 22.6. The summed E-state index contributed by atoms with van der Waals surface area (Å²) in [6.45, 7) is 9.51. The van der Waals surface area contributed by atoms with Crippen LogP contribution in [0, 0.1) is 5.92 Å². The van der Waals surface area contributed by atoms with Crippen molar-refractivity contribution in [1.29, 1.82) is 0 Å². The zero-order valence-electron chi connectivity index (χ0n) is 12.7. The van der Waals surface area contributed by atoms with Crippen LogP contribution in [0.2, 0.25) is 0 Å². The van der Waals surface area contributed by atoms with E-state index in [4.69, 9.17) is 4.74 Å². The van der Waals surface area contributed by atoms with Crippen molar-refractivity contribution in [2.45, 2.75) is 39.9 Å². The molecule has 1 saturated heterocycles. The molecule has 1 aliphatic rings. The number of likely N-dealkylation sites (N-methyl/N-ethyl adjacent to an activating group) is 1. The number of hydrogen-bond acceptors (Lipinski definition) is 3. The Labute approximate surface area is 121 Å². The molecule has 20 heavy (non-hydrogen) atoms. The first-order chi connectivity index (χ1) is 9.58. The molecule has 110 valence electrons. The molecule has 2 rings (SSSR count). The van der Waals surface area contributed by atoms with Crippen molar-refractivity contribution < 1.29 is 9.53 Å². The fourth-order valence-electron chi connectivity index (χ4n) is 2.64.